The molecule has 1 rings (SSSR count). The Morgan fingerprint density at radius 3 is 2.39 bits per heavy atom. The van der Waals surface area contributed by atoms with Crippen molar-refractivity contribution in [2.24, 2.45) is 4.40 Å². The molecule has 2 nitrogen and oxygen atoms in total. The topological polar surface area (TPSA) is 35.4 Å². The van der Waals surface area contributed by atoms with E-state index in [1.807, 2.05) is 51.1 Å². The molecule has 0 aromatic heterocycles. The van der Waals surface area contributed by atoms with Crippen LogP contribution in [0.15, 0.2) is 34.7 Å². The maximum Gasteiger partial charge on any atom is 0.144 e. The van der Waals surface area contributed by atoms with Crippen molar-refractivity contribution in [3.05, 3.63) is 35.9 Å². The van der Waals surface area contributed by atoms with E-state index in [9.17, 15) is 4.55 Å². The summed E-state index contributed by atoms with van der Waals surface area (Å²) in [4.78, 5) is 0. The molecular formula is C14H20ClNOS. The first-order valence-electron chi connectivity index (χ1n) is 6.06. The number of hydrogen-bond acceptors (Lipinski definition) is 2. The molecule has 1 aromatic carbocycles. The van der Waals surface area contributed by atoms with Crippen molar-refractivity contribution in [1.29, 1.82) is 0 Å². The molecule has 0 aliphatic rings. The molecule has 0 saturated heterocycles. The van der Waals surface area contributed by atoms with Gasteiger partial charge in [0.25, 0.3) is 0 Å². The maximum atomic E-state index is 12.1. The third-order valence-electron chi connectivity index (χ3n) is 2.37. The molecule has 100 valence electrons. The molecule has 0 aliphatic heterocycles. The van der Waals surface area contributed by atoms with Crippen molar-refractivity contribution in [3.63, 3.8) is 0 Å². The third kappa shape index (κ3) is 5.01. The van der Waals surface area contributed by atoms with Crippen LogP contribution in [-0.2, 0) is 11.4 Å². The second-order valence-electron chi connectivity index (χ2n) is 5.06. The lowest BCUT2D eigenvalue weighted by atomic mass is 10.1. The lowest BCUT2D eigenvalue weighted by Crippen LogP contribution is -2.27. The van der Waals surface area contributed by atoms with Crippen LogP contribution in [0.3, 0.4) is 0 Å². The summed E-state index contributed by atoms with van der Waals surface area (Å²) in [7, 11) is 0. The monoisotopic (exact) mass is 285 g/mol. The minimum atomic E-state index is -1.23. The number of rotatable bonds is 5. The van der Waals surface area contributed by atoms with Gasteiger partial charge < -0.3 is 4.55 Å². The molecular weight excluding hydrogens is 266 g/mol. The van der Waals surface area contributed by atoms with Gasteiger partial charge in [-0.3, -0.25) is 0 Å². The summed E-state index contributed by atoms with van der Waals surface area (Å²) in [6.45, 7) is 5.78. The molecule has 0 amide bonds. The fourth-order valence-corrected chi connectivity index (χ4v) is 2.15. The Hall–Kier alpha value is -0.510. The Balaban J connectivity index is 2.95. The van der Waals surface area contributed by atoms with E-state index in [1.165, 1.54) is 0 Å². The fourth-order valence-electron chi connectivity index (χ4n) is 1.34. The summed E-state index contributed by atoms with van der Waals surface area (Å²) in [5, 5.41) is 0. The molecule has 0 heterocycles. The van der Waals surface area contributed by atoms with E-state index < -0.39 is 11.4 Å². The normalized spacial score (nSPS) is 14.6. The van der Waals surface area contributed by atoms with Crippen molar-refractivity contribution >= 4 is 28.7 Å². The first-order valence-corrected chi connectivity index (χ1v) is 7.70. The zero-order valence-electron chi connectivity index (χ0n) is 11.1. The maximum absolute atomic E-state index is 12.1. The van der Waals surface area contributed by atoms with Gasteiger partial charge in [-0.25, -0.2) is 0 Å². The van der Waals surface area contributed by atoms with Crippen LogP contribution >= 0.6 is 11.6 Å². The smallest absolute Gasteiger partial charge is 0.144 e. The Morgan fingerprint density at radius 2 is 1.89 bits per heavy atom. The highest BCUT2D eigenvalue weighted by atomic mass is 35.5. The first kappa shape index (κ1) is 15.5. The fraction of sp³-hybridized carbons (Fsp3) is 0.500. The molecule has 0 radical (unpaired) electrons. The molecule has 18 heavy (non-hydrogen) atoms. The molecule has 0 unspecified atom stereocenters. The lowest BCUT2D eigenvalue weighted by molar-refractivity contribution is 0.561. The number of alkyl halides is 1. The van der Waals surface area contributed by atoms with Crippen molar-refractivity contribution in [1.82, 2.24) is 0 Å². The second kappa shape index (κ2) is 7.17. The van der Waals surface area contributed by atoms with Gasteiger partial charge in [-0.2, -0.15) is 0 Å². The molecule has 0 bridgehead atoms. The quantitative estimate of drug-likeness (QED) is 0.458. The van der Waals surface area contributed by atoms with E-state index in [0.29, 0.717) is 5.88 Å². The minimum absolute atomic E-state index is 0.332. The van der Waals surface area contributed by atoms with E-state index in [2.05, 4.69) is 4.40 Å². The van der Waals surface area contributed by atoms with Crippen LogP contribution in [0.1, 0.15) is 39.2 Å². The molecule has 4 heteroatoms. The summed E-state index contributed by atoms with van der Waals surface area (Å²) >= 11 is 4.50. The average Bonchev–Trinajstić information content (AvgIpc) is 2.34. The first-order chi connectivity index (χ1) is 8.45. The Kier molecular flexibility index (Phi) is 6.19. The molecule has 0 aliphatic carbocycles. The van der Waals surface area contributed by atoms with Crippen LogP contribution in [-0.4, -0.2) is 20.9 Å². The van der Waals surface area contributed by atoms with Gasteiger partial charge in [0, 0.05) is 11.4 Å². The van der Waals surface area contributed by atoms with Gasteiger partial charge in [-0.05, 0) is 33.6 Å². The summed E-state index contributed by atoms with van der Waals surface area (Å²) in [6, 6.07) is 9.88. The van der Waals surface area contributed by atoms with Crippen LogP contribution in [0, 0.1) is 0 Å². The number of hydrogen-bond donors (Lipinski definition) is 0. The van der Waals surface area contributed by atoms with Crippen molar-refractivity contribution in [3.8, 4) is 0 Å². The molecule has 1 aromatic rings. The van der Waals surface area contributed by atoms with Crippen LogP contribution in [0.2, 0.25) is 0 Å². The van der Waals surface area contributed by atoms with Crippen molar-refractivity contribution in [2.75, 3.05) is 5.88 Å². The van der Waals surface area contributed by atoms with Crippen LogP contribution < -0.4 is 0 Å². The molecule has 0 N–H and O–H groups in total. The van der Waals surface area contributed by atoms with Gasteiger partial charge in [0.05, 0.1) is 5.71 Å². The summed E-state index contributed by atoms with van der Waals surface area (Å²) < 4.78 is 16.2. The molecule has 1 atom stereocenters. The molecule has 0 saturated carbocycles. The third-order valence-corrected chi connectivity index (χ3v) is 4.07. The summed E-state index contributed by atoms with van der Waals surface area (Å²) in [5.74, 6) is 0.591. The zero-order chi connectivity index (χ0) is 13.6. The predicted molar refractivity (Wildman–Crippen MR) is 80.8 cm³/mol. The van der Waals surface area contributed by atoms with Crippen LogP contribution in [0.5, 0.6) is 0 Å². The van der Waals surface area contributed by atoms with Gasteiger partial charge >= 0.3 is 0 Å². The van der Waals surface area contributed by atoms with E-state index in [4.69, 9.17) is 11.6 Å². The van der Waals surface area contributed by atoms with Gasteiger partial charge in [0.2, 0.25) is 0 Å². The van der Waals surface area contributed by atoms with E-state index in [-0.39, 0.29) is 4.75 Å². The van der Waals surface area contributed by atoms with Crippen molar-refractivity contribution in [2.45, 2.75) is 38.4 Å². The van der Waals surface area contributed by atoms with Crippen LogP contribution in [0.25, 0.3) is 0 Å². The zero-order valence-corrected chi connectivity index (χ0v) is 12.7. The molecule has 0 fully saturated rings. The van der Waals surface area contributed by atoms with Gasteiger partial charge in [-0.15, -0.1) is 11.6 Å². The SMILES string of the molecule is CC(C)(C)[S@+]([O-])/N=C(\CCCCl)c1ccccc1. The standard InChI is InChI=1S/C14H20ClNOS/c1-14(2,3)18(17)16-13(10-7-11-15)12-8-5-4-6-9-12/h4-6,8-9H,7,10-11H2,1-3H3/b16-13+/t18-/m0/s1. The van der Waals surface area contributed by atoms with Crippen LogP contribution in [0.4, 0.5) is 0 Å². The Bertz CT molecular complexity index is 387. The highest BCUT2D eigenvalue weighted by Gasteiger charge is 2.27. The van der Waals surface area contributed by atoms with Gasteiger partial charge in [0.15, 0.2) is 0 Å². The highest BCUT2D eigenvalue weighted by Crippen LogP contribution is 2.19. The lowest BCUT2D eigenvalue weighted by Gasteiger charge is -2.19. The van der Waals surface area contributed by atoms with Gasteiger partial charge in [-0.1, -0.05) is 34.7 Å². The second-order valence-corrected chi connectivity index (χ2v) is 7.34. The van der Waals surface area contributed by atoms with E-state index >= 15 is 0 Å². The number of nitrogens with zero attached hydrogens (tertiary/aromatic N) is 1. The highest BCUT2D eigenvalue weighted by molar-refractivity contribution is 7.91. The summed E-state index contributed by atoms with van der Waals surface area (Å²) in [5.41, 5.74) is 1.91. The summed E-state index contributed by atoms with van der Waals surface area (Å²) in [6.07, 6.45) is 1.60. The Morgan fingerprint density at radius 1 is 1.28 bits per heavy atom. The van der Waals surface area contributed by atoms with Crippen molar-refractivity contribution < 1.29 is 4.55 Å². The largest absolute Gasteiger partial charge is 0.591 e. The minimum Gasteiger partial charge on any atom is -0.591 e. The van der Waals surface area contributed by atoms with E-state index in [0.717, 1.165) is 24.1 Å². The predicted octanol–water partition coefficient (Wildman–Crippen LogP) is 3.96. The van der Waals surface area contributed by atoms with Gasteiger partial charge in [0.1, 0.15) is 16.1 Å². The average molecular weight is 286 g/mol. The van der Waals surface area contributed by atoms with E-state index in [1.54, 1.807) is 0 Å². The Labute approximate surface area is 118 Å². The molecule has 0 spiro atoms. The number of benzene rings is 1. The number of halogens is 1.